The minimum Gasteiger partial charge on any atom is -0.383 e. The molecule has 0 amide bonds. The van der Waals surface area contributed by atoms with Crippen LogP contribution in [0.15, 0.2) is 12.5 Å². The summed E-state index contributed by atoms with van der Waals surface area (Å²) in [6.07, 6.45) is 6.54. The summed E-state index contributed by atoms with van der Waals surface area (Å²) in [5.74, 6) is 0. The summed E-state index contributed by atoms with van der Waals surface area (Å²) < 4.78 is 7.31. The van der Waals surface area contributed by atoms with Crippen LogP contribution in [-0.4, -0.2) is 54.3 Å². The van der Waals surface area contributed by atoms with Crippen molar-refractivity contribution in [2.45, 2.75) is 32.0 Å². The molecule has 1 aliphatic rings. The van der Waals surface area contributed by atoms with Gasteiger partial charge in [-0.05, 0) is 19.9 Å². The van der Waals surface area contributed by atoms with Crippen LogP contribution in [0.2, 0.25) is 0 Å². The van der Waals surface area contributed by atoms with Gasteiger partial charge in [-0.15, -0.1) is 0 Å². The molecule has 1 fully saturated rings. The quantitative estimate of drug-likeness (QED) is 0.703. The summed E-state index contributed by atoms with van der Waals surface area (Å²) in [6, 6.07) is 0.748. The van der Waals surface area contributed by atoms with E-state index in [2.05, 4.69) is 26.8 Å². The number of nitrogens with zero attached hydrogens (tertiary/aromatic N) is 3. The number of nitrogens with one attached hydrogen (secondary N) is 1. The van der Waals surface area contributed by atoms with E-state index in [9.17, 15) is 0 Å². The second kappa shape index (κ2) is 6.87. The largest absolute Gasteiger partial charge is 0.383 e. The van der Waals surface area contributed by atoms with E-state index in [1.165, 1.54) is 18.5 Å². The van der Waals surface area contributed by atoms with Gasteiger partial charge in [-0.25, -0.2) is 4.98 Å². The number of hydrogen-bond donors (Lipinski definition) is 1. The molecule has 0 saturated heterocycles. The molecule has 102 valence electrons. The van der Waals surface area contributed by atoms with Crippen molar-refractivity contribution in [3.8, 4) is 0 Å². The smallest absolute Gasteiger partial charge is 0.0949 e. The second-order valence-corrected chi connectivity index (χ2v) is 5.03. The van der Waals surface area contributed by atoms with Gasteiger partial charge in [0.25, 0.3) is 0 Å². The van der Waals surface area contributed by atoms with Gasteiger partial charge in [0.05, 0.1) is 18.6 Å². The second-order valence-electron chi connectivity index (χ2n) is 5.03. The Bertz CT molecular complexity index is 349. The van der Waals surface area contributed by atoms with Gasteiger partial charge in [0.1, 0.15) is 0 Å². The molecule has 0 unspecified atom stereocenters. The van der Waals surface area contributed by atoms with Gasteiger partial charge in [0.15, 0.2) is 0 Å². The predicted octanol–water partition coefficient (Wildman–Crippen LogP) is 0.713. The molecule has 2 rings (SSSR count). The van der Waals surface area contributed by atoms with E-state index in [1.807, 2.05) is 12.5 Å². The molecule has 1 aliphatic carbocycles. The highest BCUT2D eigenvalue weighted by Crippen LogP contribution is 2.19. The first-order valence-corrected chi connectivity index (χ1v) is 6.69. The number of methoxy groups -OCH3 is 1. The maximum atomic E-state index is 5.07. The molecule has 5 heteroatoms. The molecule has 1 aromatic heterocycles. The van der Waals surface area contributed by atoms with Gasteiger partial charge in [-0.1, -0.05) is 0 Å². The lowest BCUT2D eigenvalue weighted by atomic mass is 10.4. The third-order valence-corrected chi connectivity index (χ3v) is 3.35. The minimum absolute atomic E-state index is 0.748. The van der Waals surface area contributed by atoms with Crippen molar-refractivity contribution < 1.29 is 4.74 Å². The maximum absolute atomic E-state index is 5.07. The first-order valence-electron chi connectivity index (χ1n) is 6.69. The van der Waals surface area contributed by atoms with Crippen LogP contribution in [0.4, 0.5) is 0 Å². The van der Waals surface area contributed by atoms with Crippen LogP contribution >= 0.6 is 0 Å². The number of rotatable bonds is 9. The number of ether oxygens (including phenoxy) is 1. The molecular formula is C13H24N4O. The first-order chi connectivity index (χ1) is 8.79. The zero-order valence-corrected chi connectivity index (χ0v) is 11.4. The normalized spacial score (nSPS) is 15.5. The Morgan fingerprint density at radius 3 is 3.06 bits per heavy atom. The summed E-state index contributed by atoms with van der Waals surface area (Å²) in [7, 11) is 3.86. The third kappa shape index (κ3) is 4.40. The lowest BCUT2D eigenvalue weighted by Crippen LogP contribution is -2.27. The van der Waals surface area contributed by atoms with Crippen LogP contribution < -0.4 is 5.32 Å². The van der Waals surface area contributed by atoms with E-state index < -0.39 is 0 Å². The monoisotopic (exact) mass is 252 g/mol. The summed E-state index contributed by atoms with van der Waals surface area (Å²) in [5, 5.41) is 3.53. The Morgan fingerprint density at radius 1 is 1.50 bits per heavy atom. The Morgan fingerprint density at radius 2 is 2.33 bits per heavy atom. The fraction of sp³-hybridized carbons (Fsp3) is 0.769. The molecule has 5 nitrogen and oxygen atoms in total. The molecule has 1 aromatic rings. The van der Waals surface area contributed by atoms with Gasteiger partial charge in [0.2, 0.25) is 0 Å². The van der Waals surface area contributed by atoms with Crippen LogP contribution in [0.25, 0.3) is 0 Å². The van der Waals surface area contributed by atoms with E-state index in [0.29, 0.717) is 0 Å². The van der Waals surface area contributed by atoms with Crippen molar-refractivity contribution in [3.05, 3.63) is 18.2 Å². The maximum Gasteiger partial charge on any atom is 0.0949 e. The highest BCUT2D eigenvalue weighted by atomic mass is 16.5. The molecule has 1 heterocycles. The van der Waals surface area contributed by atoms with Crippen molar-refractivity contribution in [1.29, 1.82) is 0 Å². The molecule has 0 bridgehead atoms. The van der Waals surface area contributed by atoms with Crippen LogP contribution in [-0.2, 0) is 17.8 Å². The zero-order valence-electron chi connectivity index (χ0n) is 11.4. The molecule has 1 N–H and O–H groups in total. The van der Waals surface area contributed by atoms with E-state index >= 15 is 0 Å². The number of hydrogen-bond acceptors (Lipinski definition) is 4. The van der Waals surface area contributed by atoms with Crippen molar-refractivity contribution in [1.82, 2.24) is 19.8 Å². The van der Waals surface area contributed by atoms with Crippen LogP contribution in [0, 0.1) is 0 Å². The summed E-state index contributed by atoms with van der Waals surface area (Å²) >= 11 is 0. The zero-order chi connectivity index (χ0) is 12.8. The molecule has 0 aromatic carbocycles. The van der Waals surface area contributed by atoms with E-state index in [-0.39, 0.29) is 0 Å². The molecule has 0 radical (unpaired) electrons. The Kier molecular flexibility index (Phi) is 5.16. The van der Waals surface area contributed by atoms with Gasteiger partial charge in [0, 0.05) is 45.5 Å². The summed E-state index contributed by atoms with van der Waals surface area (Å²) in [6.45, 7) is 4.71. The first kappa shape index (κ1) is 13.5. The average Bonchev–Trinajstić information content (AvgIpc) is 3.10. The number of aromatic nitrogens is 2. The minimum atomic E-state index is 0.748. The van der Waals surface area contributed by atoms with E-state index in [4.69, 9.17) is 4.74 Å². The van der Waals surface area contributed by atoms with Crippen molar-refractivity contribution in [2.75, 3.05) is 33.9 Å². The van der Waals surface area contributed by atoms with Crippen molar-refractivity contribution >= 4 is 0 Å². The lowest BCUT2D eigenvalue weighted by molar-refractivity contribution is 0.159. The van der Waals surface area contributed by atoms with Crippen LogP contribution in [0.3, 0.4) is 0 Å². The van der Waals surface area contributed by atoms with Gasteiger partial charge in [-0.3, -0.25) is 0 Å². The molecule has 0 atom stereocenters. The van der Waals surface area contributed by atoms with Crippen molar-refractivity contribution in [2.24, 2.45) is 0 Å². The molecule has 0 aliphatic heterocycles. The number of likely N-dealkylation sites (N-methyl/N-ethyl adjacent to an activating group) is 1. The van der Waals surface area contributed by atoms with Crippen LogP contribution in [0.1, 0.15) is 18.5 Å². The van der Waals surface area contributed by atoms with Gasteiger partial charge in [-0.2, -0.15) is 0 Å². The van der Waals surface area contributed by atoms with E-state index in [1.54, 1.807) is 7.11 Å². The topological polar surface area (TPSA) is 42.3 Å². The Hall–Kier alpha value is -0.910. The van der Waals surface area contributed by atoms with Gasteiger partial charge < -0.3 is 19.5 Å². The third-order valence-electron chi connectivity index (χ3n) is 3.35. The summed E-state index contributed by atoms with van der Waals surface area (Å²) in [5.41, 5.74) is 1.28. The Balaban J connectivity index is 1.72. The fourth-order valence-electron chi connectivity index (χ4n) is 1.87. The van der Waals surface area contributed by atoms with Crippen LogP contribution in [0.5, 0.6) is 0 Å². The molecular weight excluding hydrogens is 228 g/mol. The highest BCUT2D eigenvalue weighted by molar-refractivity contribution is 4.99. The Labute approximate surface area is 109 Å². The SMILES string of the molecule is COCCN(C)CCn1cncc1CNC1CC1. The summed E-state index contributed by atoms with van der Waals surface area (Å²) in [4.78, 5) is 6.52. The molecule has 1 saturated carbocycles. The average molecular weight is 252 g/mol. The highest BCUT2D eigenvalue weighted by Gasteiger charge is 2.20. The van der Waals surface area contributed by atoms with E-state index in [0.717, 1.165) is 38.8 Å². The standard InChI is InChI=1S/C13H24N4O/c1-16(7-8-18-2)5-6-17-11-14-9-13(17)10-15-12-3-4-12/h9,11-12,15H,3-8,10H2,1-2H3. The van der Waals surface area contributed by atoms with Gasteiger partial charge >= 0.3 is 0 Å². The predicted molar refractivity (Wildman–Crippen MR) is 71.5 cm³/mol. The number of imidazole rings is 1. The van der Waals surface area contributed by atoms with Crippen molar-refractivity contribution in [3.63, 3.8) is 0 Å². The molecule has 0 spiro atoms. The molecule has 18 heavy (non-hydrogen) atoms. The fourth-order valence-corrected chi connectivity index (χ4v) is 1.87. The lowest BCUT2D eigenvalue weighted by Gasteiger charge is -2.17.